The van der Waals surface area contributed by atoms with Gasteiger partial charge in [-0.3, -0.25) is 9.59 Å². The fourth-order valence-electron chi connectivity index (χ4n) is 2.94. The number of hydrogen-bond donors (Lipinski definition) is 3. The molecule has 0 aliphatic carbocycles. The number of amides is 2. The van der Waals surface area contributed by atoms with Crippen molar-refractivity contribution in [2.75, 3.05) is 6.54 Å². The zero-order chi connectivity index (χ0) is 20.4. The number of likely N-dealkylation sites (tertiary alicyclic amines) is 1. The number of benzene rings is 1. The topological polar surface area (TPSA) is 107 Å². The molecule has 1 aliphatic rings. The number of halogens is 3. The maximum absolute atomic E-state index is 12.6. The molecule has 1 fully saturated rings. The predicted molar refractivity (Wildman–Crippen MR) is 86.5 cm³/mol. The Morgan fingerprint density at radius 1 is 1.26 bits per heavy atom. The van der Waals surface area contributed by atoms with E-state index in [1.165, 1.54) is 6.92 Å². The Morgan fingerprint density at radius 3 is 2.33 bits per heavy atom. The van der Waals surface area contributed by atoms with E-state index in [1.54, 1.807) is 0 Å². The number of rotatable bonds is 5. The van der Waals surface area contributed by atoms with E-state index in [-0.39, 0.29) is 19.4 Å². The average molecular weight is 388 g/mol. The van der Waals surface area contributed by atoms with Crippen molar-refractivity contribution in [2.24, 2.45) is 0 Å². The van der Waals surface area contributed by atoms with Crippen molar-refractivity contribution in [1.82, 2.24) is 10.2 Å². The Hall–Kier alpha value is -2.62. The Bertz CT molecular complexity index is 720. The molecular weight excluding hydrogens is 369 g/mol. The van der Waals surface area contributed by atoms with Crippen LogP contribution in [0.25, 0.3) is 0 Å². The van der Waals surface area contributed by atoms with Gasteiger partial charge in [0, 0.05) is 26.3 Å². The number of carboxylic acid groups (broad SMARTS) is 1. The highest BCUT2D eigenvalue weighted by Crippen LogP contribution is 2.29. The summed E-state index contributed by atoms with van der Waals surface area (Å²) in [6, 6.07) is 1.58. The van der Waals surface area contributed by atoms with Crippen LogP contribution in [0.1, 0.15) is 24.5 Å². The second-order valence-electron chi connectivity index (χ2n) is 6.37. The lowest BCUT2D eigenvalue weighted by atomic mass is 10.0. The third-order valence-corrected chi connectivity index (χ3v) is 4.32. The van der Waals surface area contributed by atoms with E-state index in [1.807, 2.05) is 0 Å². The summed E-state index contributed by atoms with van der Waals surface area (Å²) in [4.78, 5) is 36.5. The van der Waals surface area contributed by atoms with Crippen LogP contribution in [-0.4, -0.2) is 57.6 Å². The van der Waals surface area contributed by atoms with Gasteiger partial charge in [0.15, 0.2) is 0 Å². The molecule has 0 spiro atoms. The molecule has 148 valence electrons. The molecular formula is C17H19F3N2O5. The SMILES string of the molecule is CC(=O)N1C[C@H](O)C[C@H]1C(=O)N[C@H](Cc1ccc(C(F)(F)F)cc1)C(=O)O. The van der Waals surface area contributed by atoms with Gasteiger partial charge in [0.2, 0.25) is 11.8 Å². The smallest absolute Gasteiger partial charge is 0.416 e. The molecule has 0 radical (unpaired) electrons. The molecule has 1 aliphatic heterocycles. The first-order valence-electron chi connectivity index (χ1n) is 8.13. The molecule has 0 saturated carbocycles. The van der Waals surface area contributed by atoms with Gasteiger partial charge in [-0.05, 0) is 17.7 Å². The first kappa shape index (κ1) is 20.7. The minimum atomic E-state index is -4.50. The lowest BCUT2D eigenvalue weighted by molar-refractivity contribution is -0.143. The van der Waals surface area contributed by atoms with Crippen LogP contribution in [0.15, 0.2) is 24.3 Å². The maximum Gasteiger partial charge on any atom is 0.416 e. The van der Waals surface area contributed by atoms with E-state index in [9.17, 15) is 37.8 Å². The number of alkyl halides is 3. The van der Waals surface area contributed by atoms with Crippen molar-refractivity contribution in [3.05, 3.63) is 35.4 Å². The van der Waals surface area contributed by atoms with Gasteiger partial charge < -0.3 is 20.4 Å². The number of nitrogens with zero attached hydrogens (tertiary/aromatic N) is 1. The zero-order valence-corrected chi connectivity index (χ0v) is 14.4. The van der Waals surface area contributed by atoms with Crippen LogP contribution in [-0.2, 0) is 27.0 Å². The number of aliphatic carboxylic acids is 1. The molecule has 1 aromatic carbocycles. The van der Waals surface area contributed by atoms with E-state index in [2.05, 4.69) is 5.32 Å². The summed E-state index contributed by atoms with van der Waals surface area (Å²) in [6.07, 6.45) is -5.63. The quantitative estimate of drug-likeness (QED) is 0.692. The number of hydrogen-bond acceptors (Lipinski definition) is 4. The molecule has 3 N–H and O–H groups in total. The lowest BCUT2D eigenvalue weighted by Gasteiger charge is -2.24. The van der Waals surface area contributed by atoms with Crippen molar-refractivity contribution < 1.29 is 37.8 Å². The second kappa shape index (κ2) is 7.95. The average Bonchev–Trinajstić information content (AvgIpc) is 2.96. The molecule has 3 atom stereocenters. The molecule has 1 aromatic rings. The third-order valence-electron chi connectivity index (χ3n) is 4.32. The highest BCUT2D eigenvalue weighted by molar-refractivity contribution is 5.90. The molecule has 10 heteroatoms. The van der Waals surface area contributed by atoms with Crippen molar-refractivity contribution in [2.45, 2.75) is 44.1 Å². The summed E-state index contributed by atoms with van der Waals surface area (Å²) in [6.45, 7) is 1.21. The number of carbonyl (C=O) groups excluding carboxylic acids is 2. The van der Waals surface area contributed by atoms with Gasteiger partial charge in [-0.2, -0.15) is 13.2 Å². The van der Waals surface area contributed by atoms with Crippen LogP contribution in [0.4, 0.5) is 13.2 Å². The van der Waals surface area contributed by atoms with Gasteiger partial charge in [-0.1, -0.05) is 12.1 Å². The summed E-state index contributed by atoms with van der Waals surface area (Å²) in [7, 11) is 0. The molecule has 0 bridgehead atoms. The monoisotopic (exact) mass is 388 g/mol. The van der Waals surface area contributed by atoms with Crippen molar-refractivity contribution in [3.63, 3.8) is 0 Å². The fourth-order valence-corrected chi connectivity index (χ4v) is 2.94. The van der Waals surface area contributed by atoms with E-state index in [4.69, 9.17) is 0 Å². The number of aliphatic hydroxyl groups excluding tert-OH is 1. The molecule has 2 rings (SSSR count). The Balaban J connectivity index is 2.08. The van der Waals surface area contributed by atoms with E-state index in [0.29, 0.717) is 5.56 Å². The number of β-amino-alcohol motifs (C(OH)–C–C–N with tert-alkyl or cyclic N) is 1. The van der Waals surface area contributed by atoms with Gasteiger partial charge in [-0.25, -0.2) is 4.79 Å². The normalized spacial score (nSPS) is 21.0. The Kier molecular flexibility index (Phi) is 6.09. The largest absolute Gasteiger partial charge is 0.480 e. The summed E-state index contributed by atoms with van der Waals surface area (Å²) in [5, 5.41) is 21.3. The maximum atomic E-state index is 12.6. The van der Waals surface area contributed by atoms with Crippen LogP contribution in [0.2, 0.25) is 0 Å². The molecule has 0 aromatic heterocycles. The minimum Gasteiger partial charge on any atom is -0.480 e. The molecule has 1 saturated heterocycles. The van der Waals surface area contributed by atoms with Gasteiger partial charge in [0.25, 0.3) is 0 Å². The molecule has 7 nitrogen and oxygen atoms in total. The minimum absolute atomic E-state index is 0.0158. The number of carboxylic acids is 1. The van der Waals surface area contributed by atoms with Gasteiger partial charge >= 0.3 is 12.1 Å². The first-order chi connectivity index (χ1) is 12.5. The first-order valence-corrected chi connectivity index (χ1v) is 8.13. The van der Waals surface area contributed by atoms with Crippen molar-refractivity contribution in [1.29, 1.82) is 0 Å². The van der Waals surface area contributed by atoms with Crippen LogP contribution < -0.4 is 5.32 Å². The van der Waals surface area contributed by atoms with E-state index >= 15 is 0 Å². The zero-order valence-electron chi connectivity index (χ0n) is 14.4. The van der Waals surface area contributed by atoms with Crippen LogP contribution in [0.5, 0.6) is 0 Å². The van der Waals surface area contributed by atoms with Gasteiger partial charge in [-0.15, -0.1) is 0 Å². The Morgan fingerprint density at radius 2 is 1.85 bits per heavy atom. The van der Waals surface area contributed by atoms with Crippen LogP contribution in [0, 0.1) is 0 Å². The second-order valence-corrected chi connectivity index (χ2v) is 6.37. The highest BCUT2D eigenvalue weighted by Gasteiger charge is 2.38. The van der Waals surface area contributed by atoms with Crippen molar-refractivity contribution >= 4 is 17.8 Å². The van der Waals surface area contributed by atoms with Gasteiger partial charge in [0.1, 0.15) is 12.1 Å². The molecule has 27 heavy (non-hydrogen) atoms. The standard InChI is InChI=1S/C17H19F3N2O5/c1-9(23)22-8-12(24)7-14(22)15(25)21-13(16(26)27)6-10-2-4-11(5-3-10)17(18,19)20/h2-5,12-14,24H,6-8H2,1H3,(H,21,25)(H,26,27)/t12-,13-,14+/m1/s1. The molecule has 0 unspecified atom stereocenters. The molecule has 2 amide bonds. The number of aliphatic hydroxyl groups is 1. The van der Waals surface area contributed by atoms with Crippen molar-refractivity contribution in [3.8, 4) is 0 Å². The van der Waals surface area contributed by atoms with E-state index in [0.717, 1.165) is 29.2 Å². The third kappa shape index (κ3) is 5.19. The summed E-state index contributed by atoms with van der Waals surface area (Å²) < 4.78 is 37.8. The fraction of sp³-hybridized carbons (Fsp3) is 0.471. The van der Waals surface area contributed by atoms with Crippen LogP contribution in [0.3, 0.4) is 0 Å². The summed E-state index contributed by atoms with van der Waals surface area (Å²) >= 11 is 0. The van der Waals surface area contributed by atoms with Gasteiger partial charge in [0.05, 0.1) is 11.7 Å². The highest BCUT2D eigenvalue weighted by atomic mass is 19.4. The summed E-state index contributed by atoms with van der Waals surface area (Å²) in [5.74, 6) is -2.53. The lowest BCUT2D eigenvalue weighted by Crippen LogP contribution is -2.51. The van der Waals surface area contributed by atoms with Crippen LogP contribution >= 0.6 is 0 Å². The van der Waals surface area contributed by atoms with E-state index < -0.39 is 47.7 Å². The number of carbonyl (C=O) groups is 3. The Labute approximate surface area is 152 Å². The molecule has 1 heterocycles. The summed E-state index contributed by atoms with van der Waals surface area (Å²) in [5.41, 5.74) is -0.565. The number of nitrogens with one attached hydrogen (secondary N) is 1. The predicted octanol–water partition coefficient (Wildman–Crippen LogP) is 0.799.